The first-order valence-electron chi connectivity index (χ1n) is 50.4. The van der Waals surface area contributed by atoms with Crippen molar-refractivity contribution < 1.29 is 0 Å². The van der Waals surface area contributed by atoms with Gasteiger partial charge in [-0.25, -0.2) is 29.9 Å². The van der Waals surface area contributed by atoms with Crippen molar-refractivity contribution in [2.24, 2.45) is 0 Å². The van der Waals surface area contributed by atoms with Gasteiger partial charge in [-0.2, -0.15) is 0 Å². The molecule has 0 saturated heterocycles. The van der Waals surface area contributed by atoms with Crippen molar-refractivity contribution >= 4 is 224 Å². The van der Waals surface area contributed by atoms with Crippen LogP contribution in [0.5, 0.6) is 0 Å². The highest BCUT2D eigenvalue weighted by Crippen LogP contribution is 2.48. The molecule has 33 rings (SSSR count). The van der Waals surface area contributed by atoms with Gasteiger partial charge in [-0.3, -0.25) is 26.9 Å². The summed E-state index contributed by atoms with van der Waals surface area (Å²) in [6, 6.07) is 178. The molecule has 148 heavy (non-hydrogen) atoms. The van der Waals surface area contributed by atoms with Crippen LogP contribution in [0.1, 0.15) is 0 Å². The molecule has 0 aliphatic carbocycles. The first kappa shape index (κ1) is 82.6. The van der Waals surface area contributed by atoms with E-state index in [9.17, 15) is 0 Å². The SMILES string of the molecule is c1ccc2c(-c3ccc4c(c3)c3c5ccccc5ccc3n4-c3nc4ccccc4c4nc5ccccc5n34)cccc2c1.c1ccc2c(c1)cc(-c1ccc(-c3ccc4c(c3)c3c5ccccc5ccc3n4-c3nc4ccccc4c4nc5ccccc5n34)cc1)c1ccccc12.c1ccc2cc(-c3ccc(-c4ccc5c(c4)c4c6ccccc6ccc4n5-c4nc5ccccc5c5nc6ccccc6n45)cc3)ccc2c1. The number of benzene rings is 24. The molecule has 12 nitrogen and oxygen atoms in total. The fourth-order valence-corrected chi connectivity index (χ4v) is 23.8. The summed E-state index contributed by atoms with van der Waals surface area (Å²) in [5, 5.41) is 27.8. The van der Waals surface area contributed by atoms with Crippen LogP contribution in [0.4, 0.5) is 0 Å². The third-order valence-corrected chi connectivity index (χ3v) is 30.6. The van der Waals surface area contributed by atoms with Crippen molar-refractivity contribution in [2.45, 2.75) is 0 Å². The highest BCUT2D eigenvalue weighted by atomic mass is 15.3. The molecular weight excluding hydrogens is 1800 g/mol. The maximum Gasteiger partial charge on any atom is 0.221 e. The molecule has 0 saturated carbocycles. The van der Waals surface area contributed by atoms with Gasteiger partial charge in [0.05, 0.1) is 82.8 Å². The van der Waals surface area contributed by atoms with Crippen molar-refractivity contribution in [1.29, 1.82) is 0 Å². The summed E-state index contributed by atoms with van der Waals surface area (Å²) in [5.74, 6) is 2.49. The Morgan fingerprint density at radius 1 is 0.128 bits per heavy atom. The van der Waals surface area contributed by atoms with Crippen molar-refractivity contribution in [3.8, 4) is 73.5 Å². The molecule has 33 aromatic rings. The number of hydrogen-bond donors (Lipinski definition) is 0. The Bertz CT molecular complexity index is 11500. The summed E-state index contributed by atoms with van der Waals surface area (Å²) < 4.78 is 13.7. The standard InChI is InChI=1S/C50H30N4.C46H28N4.C40H24N4/c1-4-14-37-32(11-1)25-28-47-48(37)42-29-34(31-21-23-33(24-22-31)41-30-35-12-2-3-13-36(35)38-15-5-6-16-39(38)41)26-27-45(42)53(47)50-52-43-18-8-7-17-40(43)49-51-44-19-9-10-20-46(44)54(49)50;1-2-11-33-27-34(22-21-29(33)9-1)30-17-19-31(20-18-30)35-24-25-41-38(28-35)44-36-12-4-3-10-32(36)23-26-43(44)49(41)46-48-39-14-6-5-13-37(39)45-47-40-15-7-8-16-42(40)50(45)46;1-3-13-28-25(10-1)12-9-16-29(28)27-21-22-35-32(24-27)38-30-14-4-2-11-26(30)20-23-37(38)43(35)40-42-33-17-6-5-15-31(33)39-41-34-18-7-8-19-36(34)44(39)40/h1-30H;1-28H;1-24H. The minimum absolute atomic E-state index is 0.826. The van der Waals surface area contributed by atoms with Gasteiger partial charge in [-0.1, -0.05) is 358 Å². The molecule has 12 heteroatoms. The zero-order chi connectivity index (χ0) is 96.9. The van der Waals surface area contributed by atoms with Crippen LogP contribution in [0.3, 0.4) is 0 Å². The molecule has 0 atom stereocenters. The van der Waals surface area contributed by atoms with E-state index in [0.717, 1.165) is 134 Å². The lowest BCUT2D eigenvalue weighted by atomic mass is 9.92. The molecule has 0 bridgehead atoms. The summed E-state index contributed by atoms with van der Waals surface area (Å²) in [6.45, 7) is 0. The summed E-state index contributed by atoms with van der Waals surface area (Å²) in [7, 11) is 0. The molecule has 9 heterocycles. The van der Waals surface area contributed by atoms with E-state index in [2.05, 4.69) is 506 Å². The van der Waals surface area contributed by atoms with Gasteiger partial charge < -0.3 is 0 Å². The number of fused-ring (bicyclic) bond motifs is 35. The van der Waals surface area contributed by atoms with Gasteiger partial charge in [-0.15, -0.1) is 0 Å². The van der Waals surface area contributed by atoms with Gasteiger partial charge in [-0.05, 0) is 271 Å². The normalized spacial score (nSPS) is 12.1. The third-order valence-electron chi connectivity index (χ3n) is 30.6. The predicted molar refractivity (Wildman–Crippen MR) is 617 cm³/mol. The number of aromatic nitrogens is 12. The fourth-order valence-electron chi connectivity index (χ4n) is 23.8. The minimum atomic E-state index is 0.826. The molecule has 0 radical (unpaired) electrons. The van der Waals surface area contributed by atoms with Crippen molar-refractivity contribution in [1.82, 2.24) is 56.8 Å². The van der Waals surface area contributed by atoms with E-state index >= 15 is 0 Å². The lowest BCUT2D eigenvalue weighted by molar-refractivity contribution is 0.979. The van der Waals surface area contributed by atoms with Crippen LogP contribution in [0.2, 0.25) is 0 Å². The maximum absolute atomic E-state index is 5.39. The van der Waals surface area contributed by atoms with E-state index in [1.807, 2.05) is 18.2 Å². The Kier molecular flexibility index (Phi) is 18.3. The van der Waals surface area contributed by atoms with Crippen molar-refractivity contribution in [3.63, 3.8) is 0 Å². The van der Waals surface area contributed by atoms with E-state index in [0.29, 0.717) is 0 Å². The largest absolute Gasteiger partial charge is 0.279 e. The van der Waals surface area contributed by atoms with E-state index < -0.39 is 0 Å². The molecule has 9 aromatic heterocycles. The molecule has 0 unspecified atom stereocenters. The number of hydrogen-bond acceptors (Lipinski definition) is 6. The van der Waals surface area contributed by atoms with Crippen molar-refractivity contribution in [3.05, 3.63) is 497 Å². The van der Waals surface area contributed by atoms with Crippen molar-refractivity contribution in [2.75, 3.05) is 0 Å². The van der Waals surface area contributed by atoms with Crippen LogP contribution >= 0.6 is 0 Å². The van der Waals surface area contributed by atoms with E-state index in [1.54, 1.807) is 0 Å². The van der Waals surface area contributed by atoms with E-state index in [-0.39, 0.29) is 0 Å². The number of rotatable bonds is 8. The molecule has 0 N–H and O–H groups in total. The second-order valence-corrected chi connectivity index (χ2v) is 38.7. The predicted octanol–water partition coefficient (Wildman–Crippen LogP) is 34.8. The summed E-state index contributed by atoms with van der Waals surface area (Å²) >= 11 is 0. The third kappa shape index (κ3) is 12.8. The molecule has 0 aliphatic heterocycles. The molecule has 0 aliphatic rings. The quantitative estimate of drug-likeness (QED) is 0.140. The summed E-state index contributed by atoms with van der Waals surface area (Å²) in [4.78, 5) is 31.5. The Balaban J connectivity index is 0.000000101. The fraction of sp³-hybridized carbons (Fsp3) is 0. The zero-order valence-electron chi connectivity index (χ0n) is 79.7. The van der Waals surface area contributed by atoms with Crippen LogP contribution in [0.25, 0.3) is 297 Å². The summed E-state index contributed by atoms with van der Waals surface area (Å²) in [6.07, 6.45) is 0. The van der Waals surface area contributed by atoms with Gasteiger partial charge in [0.2, 0.25) is 17.8 Å². The smallest absolute Gasteiger partial charge is 0.221 e. The lowest BCUT2D eigenvalue weighted by Crippen LogP contribution is -2.06. The van der Waals surface area contributed by atoms with Gasteiger partial charge in [0.15, 0.2) is 0 Å². The van der Waals surface area contributed by atoms with Crippen LogP contribution in [0, 0.1) is 0 Å². The first-order chi connectivity index (χ1) is 73.4. The van der Waals surface area contributed by atoms with Crippen LogP contribution in [-0.4, -0.2) is 56.8 Å². The number of nitrogens with zero attached hydrogens (tertiary/aromatic N) is 12. The lowest BCUT2D eigenvalue weighted by Gasteiger charge is -2.13. The number of imidazole rings is 3. The average Bonchev–Trinajstić information content (AvgIpc) is 1.55. The van der Waals surface area contributed by atoms with Crippen LogP contribution in [0.15, 0.2) is 497 Å². The van der Waals surface area contributed by atoms with Gasteiger partial charge in [0.25, 0.3) is 0 Å². The maximum atomic E-state index is 5.39. The second kappa shape index (κ2) is 32.7. The summed E-state index contributed by atoms with van der Waals surface area (Å²) in [5.41, 5.74) is 30.2. The topological polar surface area (TPSA) is 105 Å². The average molecular weight is 1880 g/mol. The number of para-hydroxylation sites is 9. The molecule has 686 valence electrons. The van der Waals surface area contributed by atoms with Gasteiger partial charge in [0, 0.05) is 48.5 Å². The molecule has 24 aromatic carbocycles. The Hall–Kier alpha value is -20.1. The highest BCUT2D eigenvalue weighted by Gasteiger charge is 2.28. The Labute approximate surface area is 845 Å². The molecule has 0 spiro atoms. The van der Waals surface area contributed by atoms with Gasteiger partial charge in [0.1, 0.15) is 16.9 Å². The van der Waals surface area contributed by atoms with E-state index in [4.69, 9.17) is 29.9 Å². The Morgan fingerprint density at radius 2 is 0.412 bits per heavy atom. The molecule has 0 fully saturated rings. The Morgan fingerprint density at radius 3 is 0.845 bits per heavy atom. The zero-order valence-corrected chi connectivity index (χ0v) is 79.7. The van der Waals surface area contributed by atoms with Crippen LogP contribution in [-0.2, 0) is 0 Å². The molecular formula is C136H82N12. The molecule has 0 amide bonds. The second-order valence-electron chi connectivity index (χ2n) is 38.7. The monoisotopic (exact) mass is 1880 g/mol. The highest BCUT2D eigenvalue weighted by molar-refractivity contribution is 6.26. The first-order valence-corrected chi connectivity index (χ1v) is 50.4. The van der Waals surface area contributed by atoms with Gasteiger partial charge >= 0.3 is 0 Å². The van der Waals surface area contributed by atoms with E-state index in [1.165, 1.54) is 163 Å². The minimum Gasteiger partial charge on any atom is -0.279 e. The van der Waals surface area contributed by atoms with Crippen LogP contribution < -0.4 is 0 Å².